The van der Waals surface area contributed by atoms with Crippen molar-refractivity contribution in [2.24, 2.45) is 0 Å². The van der Waals surface area contributed by atoms with E-state index in [4.69, 9.17) is 9.84 Å². The van der Waals surface area contributed by atoms with Crippen LogP contribution in [-0.2, 0) is 4.74 Å². The first kappa shape index (κ1) is 13.7. The fourth-order valence-electron chi connectivity index (χ4n) is 1.95. The van der Waals surface area contributed by atoms with E-state index in [1.165, 1.54) is 0 Å². The van der Waals surface area contributed by atoms with Gasteiger partial charge < -0.3 is 9.84 Å². The molecule has 3 heteroatoms. The Morgan fingerprint density at radius 1 is 1.35 bits per heavy atom. The highest BCUT2D eigenvalue weighted by molar-refractivity contribution is 5.89. The molecule has 0 radical (unpaired) electrons. The molecule has 1 N–H and O–H groups in total. The van der Waals surface area contributed by atoms with Crippen molar-refractivity contribution in [2.45, 2.75) is 38.7 Å². The zero-order chi connectivity index (χ0) is 12.7. The fourth-order valence-corrected chi connectivity index (χ4v) is 1.95. The van der Waals surface area contributed by atoms with Crippen LogP contribution in [0, 0.1) is 0 Å². The number of hydrogen-bond acceptors (Lipinski definition) is 2. The van der Waals surface area contributed by atoms with Crippen LogP contribution in [0.25, 0.3) is 0 Å². The molecule has 0 saturated heterocycles. The van der Waals surface area contributed by atoms with Crippen molar-refractivity contribution in [1.82, 2.24) is 0 Å². The van der Waals surface area contributed by atoms with Gasteiger partial charge in [0.15, 0.2) is 0 Å². The number of benzene rings is 1. The Hall–Kier alpha value is -1.35. The third-order valence-corrected chi connectivity index (χ3v) is 2.89. The highest BCUT2D eigenvalue weighted by Gasteiger charge is 2.17. The molecule has 1 aromatic rings. The smallest absolute Gasteiger partial charge is 0.336 e. The summed E-state index contributed by atoms with van der Waals surface area (Å²) in [6.07, 6.45) is 4.11. The van der Waals surface area contributed by atoms with Crippen LogP contribution in [0.15, 0.2) is 24.3 Å². The van der Waals surface area contributed by atoms with E-state index in [2.05, 4.69) is 6.92 Å². The van der Waals surface area contributed by atoms with Gasteiger partial charge in [-0.25, -0.2) is 4.79 Å². The van der Waals surface area contributed by atoms with Gasteiger partial charge in [0.25, 0.3) is 0 Å². The average Bonchev–Trinajstić information content (AvgIpc) is 2.35. The van der Waals surface area contributed by atoms with Crippen molar-refractivity contribution >= 4 is 5.97 Å². The fraction of sp³-hybridized carbons (Fsp3) is 0.500. The van der Waals surface area contributed by atoms with Gasteiger partial charge in [-0.2, -0.15) is 0 Å². The number of carbonyl (C=O) groups is 1. The Bertz CT molecular complexity index is 360. The van der Waals surface area contributed by atoms with Crippen LogP contribution in [0.5, 0.6) is 0 Å². The van der Waals surface area contributed by atoms with Gasteiger partial charge in [-0.15, -0.1) is 0 Å². The van der Waals surface area contributed by atoms with Gasteiger partial charge in [0, 0.05) is 7.11 Å². The molecule has 1 aromatic carbocycles. The maximum Gasteiger partial charge on any atom is 0.336 e. The molecule has 94 valence electrons. The first-order valence-corrected chi connectivity index (χ1v) is 6.05. The van der Waals surface area contributed by atoms with E-state index in [1.54, 1.807) is 19.2 Å². The van der Waals surface area contributed by atoms with Crippen LogP contribution < -0.4 is 0 Å². The van der Waals surface area contributed by atoms with E-state index in [-0.39, 0.29) is 6.10 Å². The summed E-state index contributed by atoms with van der Waals surface area (Å²) in [5, 5.41) is 9.13. The zero-order valence-corrected chi connectivity index (χ0v) is 10.5. The third-order valence-electron chi connectivity index (χ3n) is 2.89. The van der Waals surface area contributed by atoms with E-state index in [1.807, 2.05) is 12.1 Å². The van der Waals surface area contributed by atoms with Crippen LogP contribution in [-0.4, -0.2) is 18.2 Å². The molecule has 17 heavy (non-hydrogen) atoms. The molecular weight excluding hydrogens is 216 g/mol. The summed E-state index contributed by atoms with van der Waals surface area (Å²) in [7, 11) is 1.63. The van der Waals surface area contributed by atoms with Gasteiger partial charge in [-0.05, 0) is 18.1 Å². The number of carboxylic acid groups (broad SMARTS) is 1. The van der Waals surface area contributed by atoms with Gasteiger partial charge >= 0.3 is 5.97 Å². The minimum atomic E-state index is -0.891. The van der Waals surface area contributed by atoms with Gasteiger partial charge in [0.2, 0.25) is 0 Å². The summed E-state index contributed by atoms with van der Waals surface area (Å²) in [6, 6.07) is 7.06. The molecule has 0 fully saturated rings. The van der Waals surface area contributed by atoms with Crippen molar-refractivity contribution in [2.75, 3.05) is 7.11 Å². The van der Waals surface area contributed by atoms with Crippen LogP contribution in [0.2, 0.25) is 0 Å². The Morgan fingerprint density at radius 2 is 2.06 bits per heavy atom. The molecule has 0 spiro atoms. The summed E-state index contributed by atoms with van der Waals surface area (Å²) in [5.74, 6) is -0.891. The van der Waals surface area contributed by atoms with Crippen molar-refractivity contribution in [3.05, 3.63) is 35.4 Å². The Kier molecular flexibility index (Phi) is 5.70. The van der Waals surface area contributed by atoms with E-state index >= 15 is 0 Å². The number of methoxy groups -OCH3 is 1. The average molecular weight is 236 g/mol. The number of hydrogen-bond donors (Lipinski definition) is 1. The number of rotatable bonds is 7. The highest BCUT2D eigenvalue weighted by atomic mass is 16.5. The Labute approximate surface area is 102 Å². The second kappa shape index (κ2) is 7.07. The second-order valence-electron chi connectivity index (χ2n) is 4.11. The molecule has 0 bridgehead atoms. The zero-order valence-electron chi connectivity index (χ0n) is 10.5. The van der Waals surface area contributed by atoms with Gasteiger partial charge in [0.1, 0.15) is 0 Å². The molecule has 0 aliphatic carbocycles. The maximum atomic E-state index is 11.1. The van der Waals surface area contributed by atoms with Gasteiger partial charge in [0.05, 0.1) is 11.7 Å². The quantitative estimate of drug-likeness (QED) is 0.735. The van der Waals surface area contributed by atoms with Crippen molar-refractivity contribution < 1.29 is 14.6 Å². The van der Waals surface area contributed by atoms with Crippen LogP contribution in [0.1, 0.15) is 54.6 Å². The van der Waals surface area contributed by atoms with Gasteiger partial charge in [-0.3, -0.25) is 0 Å². The molecule has 0 amide bonds. The standard InChI is InChI=1S/C14H20O3/c1-3-4-5-10-13(17-2)11-8-6-7-9-12(11)14(15)16/h6-9,13H,3-5,10H2,1-2H3,(H,15,16). The van der Waals surface area contributed by atoms with Crippen LogP contribution in [0.4, 0.5) is 0 Å². The lowest BCUT2D eigenvalue weighted by atomic mass is 9.98. The normalized spacial score (nSPS) is 12.4. The Balaban J connectivity index is 2.83. The summed E-state index contributed by atoms with van der Waals surface area (Å²) < 4.78 is 5.41. The number of ether oxygens (including phenoxy) is 1. The first-order chi connectivity index (χ1) is 8.20. The van der Waals surface area contributed by atoms with Crippen molar-refractivity contribution in [1.29, 1.82) is 0 Å². The number of unbranched alkanes of at least 4 members (excludes halogenated alkanes) is 2. The molecule has 3 nitrogen and oxygen atoms in total. The summed E-state index contributed by atoms with van der Waals surface area (Å²) >= 11 is 0. The summed E-state index contributed by atoms with van der Waals surface area (Å²) in [4.78, 5) is 11.1. The molecule has 0 saturated carbocycles. The summed E-state index contributed by atoms with van der Waals surface area (Å²) in [6.45, 7) is 2.15. The molecule has 0 heterocycles. The molecule has 0 aliphatic rings. The lowest BCUT2D eigenvalue weighted by molar-refractivity contribution is 0.0670. The van der Waals surface area contributed by atoms with Crippen molar-refractivity contribution in [3.63, 3.8) is 0 Å². The van der Waals surface area contributed by atoms with E-state index in [0.29, 0.717) is 5.56 Å². The molecule has 1 rings (SSSR count). The van der Waals surface area contributed by atoms with Gasteiger partial charge in [-0.1, -0.05) is 44.4 Å². The molecule has 1 atom stereocenters. The third kappa shape index (κ3) is 3.86. The van der Waals surface area contributed by atoms with E-state index in [9.17, 15) is 4.79 Å². The molecule has 1 unspecified atom stereocenters. The SMILES string of the molecule is CCCCCC(OC)c1ccccc1C(=O)O. The largest absolute Gasteiger partial charge is 0.478 e. The predicted molar refractivity (Wildman–Crippen MR) is 67.3 cm³/mol. The number of carboxylic acids is 1. The summed E-state index contributed by atoms with van der Waals surface area (Å²) in [5.41, 5.74) is 1.12. The van der Waals surface area contributed by atoms with Crippen molar-refractivity contribution in [3.8, 4) is 0 Å². The lowest BCUT2D eigenvalue weighted by Gasteiger charge is -2.17. The maximum absolute atomic E-state index is 11.1. The molecular formula is C14H20O3. The molecule has 0 aromatic heterocycles. The van der Waals surface area contributed by atoms with E-state index in [0.717, 1.165) is 31.2 Å². The first-order valence-electron chi connectivity index (χ1n) is 6.05. The second-order valence-corrected chi connectivity index (χ2v) is 4.11. The van der Waals surface area contributed by atoms with E-state index < -0.39 is 5.97 Å². The molecule has 0 aliphatic heterocycles. The number of aromatic carboxylic acids is 1. The lowest BCUT2D eigenvalue weighted by Crippen LogP contribution is -2.09. The van der Waals surface area contributed by atoms with Crippen LogP contribution >= 0.6 is 0 Å². The predicted octanol–water partition coefficient (Wildman–Crippen LogP) is 3.65. The van der Waals surface area contributed by atoms with Crippen LogP contribution in [0.3, 0.4) is 0 Å². The minimum Gasteiger partial charge on any atom is -0.478 e. The minimum absolute atomic E-state index is 0.117. The topological polar surface area (TPSA) is 46.5 Å². The highest BCUT2D eigenvalue weighted by Crippen LogP contribution is 2.26. The monoisotopic (exact) mass is 236 g/mol. The Morgan fingerprint density at radius 3 is 2.65 bits per heavy atom.